The van der Waals surface area contributed by atoms with E-state index in [1.807, 2.05) is 62.4 Å². The quantitative estimate of drug-likeness (QED) is 0.679. The summed E-state index contributed by atoms with van der Waals surface area (Å²) in [5, 5.41) is 3.19. The SMILES string of the molecule is COC(=O)C1=C(C)NC(C)=C(C(=O)O[C@H]2CCN(Cc3ccccc3)C2)[C@H]1c1ccccc1. The van der Waals surface area contributed by atoms with Crippen LogP contribution >= 0.6 is 0 Å². The number of carbonyl (C=O) groups excluding carboxylic acids is 2. The van der Waals surface area contributed by atoms with Crippen LogP contribution in [0.3, 0.4) is 0 Å². The molecule has 1 fully saturated rings. The van der Waals surface area contributed by atoms with Gasteiger partial charge in [0, 0.05) is 31.0 Å². The Balaban J connectivity index is 1.54. The lowest BCUT2D eigenvalue weighted by Crippen LogP contribution is -2.34. The fourth-order valence-corrected chi connectivity index (χ4v) is 4.72. The normalized spacial score (nSPS) is 21.1. The number of nitrogens with one attached hydrogen (secondary N) is 1. The third kappa shape index (κ3) is 5.01. The molecule has 33 heavy (non-hydrogen) atoms. The third-order valence-electron chi connectivity index (χ3n) is 6.27. The second-order valence-corrected chi connectivity index (χ2v) is 8.57. The minimum absolute atomic E-state index is 0.188. The number of methoxy groups -OCH3 is 1. The Kier molecular flexibility index (Phi) is 6.94. The van der Waals surface area contributed by atoms with Crippen molar-refractivity contribution in [2.45, 2.75) is 38.8 Å². The molecule has 2 aromatic carbocycles. The number of dihydropyridines is 1. The van der Waals surface area contributed by atoms with Gasteiger partial charge in [-0.1, -0.05) is 60.7 Å². The summed E-state index contributed by atoms with van der Waals surface area (Å²) in [6.45, 7) is 6.07. The Hall–Kier alpha value is -3.38. The molecule has 2 atom stereocenters. The Morgan fingerprint density at radius 1 is 0.939 bits per heavy atom. The first-order valence-corrected chi connectivity index (χ1v) is 11.3. The van der Waals surface area contributed by atoms with E-state index in [-0.39, 0.29) is 6.10 Å². The van der Waals surface area contributed by atoms with Gasteiger partial charge >= 0.3 is 11.9 Å². The van der Waals surface area contributed by atoms with E-state index >= 15 is 0 Å². The number of ether oxygens (including phenoxy) is 2. The molecule has 1 N–H and O–H groups in total. The highest BCUT2D eigenvalue weighted by atomic mass is 16.5. The molecule has 0 amide bonds. The molecule has 4 rings (SSSR count). The fourth-order valence-electron chi connectivity index (χ4n) is 4.72. The maximum absolute atomic E-state index is 13.5. The maximum atomic E-state index is 13.5. The topological polar surface area (TPSA) is 67.9 Å². The van der Waals surface area contributed by atoms with Gasteiger partial charge in [0.05, 0.1) is 24.2 Å². The molecule has 2 aliphatic rings. The highest BCUT2D eigenvalue weighted by Crippen LogP contribution is 2.39. The molecule has 0 aliphatic carbocycles. The second-order valence-electron chi connectivity index (χ2n) is 8.57. The summed E-state index contributed by atoms with van der Waals surface area (Å²) < 4.78 is 11.0. The van der Waals surface area contributed by atoms with Crippen molar-refractivity contribution in [2.24, 2.45) is 0 Å². The third-order valence-corrected chi connectivity index (χ3v) is 6.27. The van der Waals surface area contributed by atoms with Crippen LogP contribution in [0.4, 0.5) is 0 Å². The van der Waals surface area contributed by atoms with Gasteiger partial charge in [0.15, 0.2) is 0 Å². The summed E-state index contributed by atoms with van der Waals surface area (Å²) in [6, 6.07) is 19.8. The van der Waals surface area contributed by atoms with Crippen molar-refractivity contribution < 1.29 is 19.1 Å². The molecular weight excluding hydrogens is 416 g/mol. The minimum atomic E-state index is -0.547. The van der Waals surface area contributed by atoms with Crippen LogP contribution in [-0.2, 0) is 25.6 Å². The van der Waals surface area contributed by atoms with Crippen molar-refractivity contribution in [3.8, 4) is 0 Å². The predicted octanol–water partition coefficient (Wildman–Crippen LogP) is 3.91. The molecule has 0 unspecified atom stereocenters. The Morgan fingerprint density at radius 2 is 1.55 bits per heavy atom. The molecule has 0 saturated carbocycles. The summed E-state index contributed by atoms with van der Waals surface area (Å²) >= 11 is 0. The zero-order chi connectivity index (χ0) is 23.4. The monoisotopic (exact) mass is 446 g/mol. The summed E-state index contributed by atoms with van der Waals surface area (Å²) in [4.78, 5) is 28.5. The largest absolute Gasteiger partial charge is 0.466 e. The molecule has 172 valence electrons. The van der Waals surface area contributed by atoms with Gasteiger partial charge in [0.1, 0.15) is 6.10 Å². The maximum Gasteiger partial charge on any atom is 0.337 e. The Morgan fingerprint density at radius 3 is 2.18 bits per heavy atom. The first kappa shape index (κ1) is 22.8. The number of rotatable bonds is 6. The van der Waals surface area contributed by atoms with Crippen LogP contribution in [0.25, 0.3) is 0 Å². The van der Waals surface area contributed by atoms with Crippen LogP contribution in [0.5, 0.6) is 0 Å². The van der Waals surface area contributed by atoms with E-state index in [4.69, 9.17) is 9.47 Å². The molecule has 0 radical (unpaired) electrons. The highest BCUT2D eigenvalue weighted by molar-refractivity contribution is 5.99. The number of carbonyl (C=O) groups is 2. The number of hydrogen-bond acceptors (Lipinski definition) is 6. The fraction of sp³-hybridized carbons (Fsp3) is 0.333. The number of benzene rings is 2. The van der Waals surface area contributed by atoms with Crippen molar-refractivity contribution in [2.75, 3.05) is 20.2 Å². The average molecular weight is 447 g/mol. The molecule has 6 heteroatoms. The van der Waals surface area contributed by atoms with E-state index in [1.54, 1.807) is 0 Å². The van der Waals surface area contributed by atoms with Crippen molar-refractivity contribution in [3.05, 3.63) is 94.3 Å². The number of hydrogen-bond donors (Lipinski definition) is 1. The van der Waals surface area contributed by atoms with Gasteiger partial charge in [-0.3, -0.25) is 4.90 Å². The van der Waals surface area contributed by atoms with Gasteiger partial charge in [-0.15, -0.1) is 0 Å². The molecule has 2 heterocycles. The number of allylic oxidation sites excluding steroid dienone is 2. The smallest absolute Gasteiger partial charge is 0.337 e. The molecule has 2 aliphatic heterocycles. The van der Waals surface area contributed by atoms with Crippen molar-refractivity contribution in [1.29, 1.82) is 0 Å². The van der Waals surface area contributed by atoms with E-state index in [0.717, 1.165) is 25.1 Å². The lowest BCUT2D eigenvalue weighted by molar-refractivity contribution is -0.144. The van der Waals surface area contributed by atoms with Crippen LogP contribution in [0.15, 0.2) is 83.2 Å². The summed E-state index contributed by atoms with van der Waals surface area (Å²) in [5.74, 6) is -1.40. The molecule has 1 saturated heterocycles. The van der Waals surface area contributed by atoms with E-state index in [9.17, 15) is 9.59 Å². The van der Waals surface area contributed by atoms with Gasteiger partial charge in [0.2, 0.25) is 0 Å². The number of nitrogens with zero attached hydrogens (tertiary/aromatic N) is 1. The van der Waals surface area contributed by atoms with Crippen molar-refractivity contribution in [1.82, 2.24) is 10.2 Å². The van der Waals surface area contributed by atoms with Crippen LogP contribution in [0.1, 0.15) is 37.3 Å². The Labute approximate surface area is 194 Å². The van der Waals surface area contributed by atoms with E-state index in [0.29, 0.717) is 29.1 Å². The van der Waals surface area contributed by atoms with Gasteiger partial charge in [-0.05, 0) is 31.4 Å². The van der Waals surface area contributed by atoms with Crippen LogP contribution in [0, 0.1) is 0 Å². The molecule has 0 bridgehead atoms. The van der Waals surface area contributed by atoms with E-state index in [2.05, 4.69) is 22.3 Å². The number of likely N-dealkylation sites (tertiary alicyclic amines) is 1. The van der Waals surface area contributed by atoms with Gasteiger partial charge in [-0.2, -0.15) is 0 Å². The molecule has 2 aromatic rings. The first-order valence-electron chi connectivity index (χ1n) is 11.3. The molecule has 0 spiro atoms. The minimum Gasteiger partial charge on any atom is -0.466 e. The van der Waals surface area contributed by atoms with Crippen molar-refractivity contribution in [3.63, 3.8) is 0 Å². The van der Waals surface area contributed by atoms with Gasteiger partial charge < -0.3 is 14.8 Å². The molecule has 6 nitrogen and oxygen atoms in total. The molecular formula is C27H30N2O4. The first-order chi connectivity index (χ1) is 16.0. The highest BCUT2D eigenvalue weighted by Gasteiger charge is 2.39. The standard InChI is InChI=1S/C27H30N2O4/c1-18-23(26(30)32-3)25(21-12-8-5-9-13-21)24(19(2)28-18)27(31)33-22-14-15-29(17-22)16-20-10-6-4-7-11-20/h4-13,22,25,28H,14-17H2,1-3H3/t22-,25-/m0/s1. The second kappa shape index (κ2) is 10.0. The van der Waals surface area contributed by atoms with E-state index in [1.165, 1.54) is 12.7 Å². The lowest BCUT2D eigenvalue weighted by atomic mass is 9.80. The molecule has 0 aromatic heterocycles. The average Bonchev–Trinajstić information content (AvgIpc) is 3.25. The lowest BCUT2D eigenvalue weighted by Gasteiger charge is -2.30. The zero-order valence-corrected chi connectivity index (χ0v) is 19.3. The number of esters is 2. The van der Waals surface area contributed by atoms with Crippen molar-refractivity contribution >= 4 is 11.9 Å². The zero-order valence-electron chi connectivity index (χ0n) is 19.3. The Bertz CT molecular complexity index is 1080. The van der Waals surface area contributed by atoms with Gasteiger partial charge in [-0.25, -0.2) is 9.59 Å². The van der Waals surface area contributed by atoms with Gasteiger partial charge in [0.25, 0.3) is 0 Å². The van der Waals surface area contributed by atoms with Crippen LogP contribution in [-0.4, -0.2) is 43.1 Å². The summed E-state index contributed by atoms with van der Waals surface area (Å²) in [5.41, 5.74) is 4.35. The van der Waals surface area contributed by atoms with Crippen LogP contribution in [0.2, 0.25) is 0 Å². The predicted molar refractivity (Wildman–Crippen MR) is 126 cm³/mol. The van der Waals surface area contributed by atoms with Crippen LogP contribution < -0.4 is 5.32 Å². The summed E-state index contributed by atoms with van der Waals surface area (Å²) in [7, 11) is 1.35. The summed E-state index contributed by atoms with van der Waals surface area (Å²) in [6.07, 6.45) is 0.596. The van der Waals surface area contributed by atoms with E-state index < -0.39 is 17.9 Å².